The molecule has 0 bridgehead atoms. The van der Waals surface area contributed by atoms with Crippen molar-refractivity contribution in [3.05, 3.63) is 23.8 Å². The molecule has 1 amide bonds. The standard InChI is InChI=1S/C15H20N2O7S/c1-22-12-3-2-11(9-15(19)24-10-14(16)18)8-13(12)25(20,21)17-4-6-23-7-5-17/h2-3,8H,4-7,9-10H2,1H3,(H2,16,18). The molecule has 0 saturated carbocycles. The van der Waals surface area contributed by atoms with E-state index in [4.69, 9.17) is 15.2 Å². The van der Waals surface area contributed by atoms with Crippen molar-refractivity contribution in [3.8, 4) is 5.75 Å². The van der Waals surface area contributed by atoms with Crippen molar-refractivity contribution in [1.82, 2.24) is 4.31 Å². The minimum absolute atomic E-state index is 0.0305. The van der Waals surface area contributed by atoms with Crippen LogP contribution in [0.1, 0.15) is 5.56 Å². The number of sulfonamides is 1. The van der Waals surface area contributed by atoms with Crippen LogP contribution in [0.2, 0.25) is 0 Å². The molecule has 0 aromatic heterocycles. The van der Waals surface area contributed by atoms with Crippen LogP contribution in [0.25, 0.3) is 0 Å². The Morgan fingerprint density at radius 3 is 2.56 bits per heavy atom. The summed E-state index contributed by atoms with van der Waals surface area (Å²) in [4.78, 5) is 22.3. The van der Waals surface area contributed by atoms with Crippen LogP contribution in [-0.4, -0.2) is 64.6 Å². The number of hydrogen-bond donors (Lipinski definition) is 1. The summed E-state index contributed by atoms with van der Waals surface area (Å²) >= 11 is 0. The first-order valence-electron chi connectivity index (χ1n) is 7.53. The highest BCUT2D eigenvalue weighted by atomic mass is 32.2. The van der Waals surface area contributed by atoms with Gasteiger partial charge in [-0.1, -0.05) is 6.07 Å². The monoisotopic (exact) mass is 372 g/mol. The van der Waals surface area contributed by atoms with Gasteiger partial charge in [-0.15, -0.1) is 0 Å². The van der Waals surface area contributed by atoms with Crippen LogP contribution in [0.5, 0.6) is 5.75 Å². The molecule has 1 aromatic rings. The van der Waals surface area contributed by atoms with Gasteiger partial charge >= 0.3 is 5.97 Å². The molecule has 1 heterocycles. The fraction of sp³-hybridized carbons (Fsp3) is 0.467. The molecule has 10 heteroatoms. The highest BCUT2D eigenvalue weighted by molar-refractivity contribution is 7.89. The number of nitrogens with two attached hydrogens (primary N) is 1. The molecule has 0 atom stereocenters. The largest absolute Gasteiger partial charge is 0.495 e. The molecule has 0 unspecified atom stereocenters. The van der Waals surface area contributed by atoms with E-state index in [0.29, 0.717) is 18.8 Å². The Morgan fingerprint density at radius 2 is 1.96 bits per heavy atom. The van der Waals surface area contributed by atoms with Gasteiger partial charge in [0.05, 0.1) is 26.7 Å². The summed E-state index contributed by atoms with van der Waals surface area (Å²) in [7, 11) is -2.42. The summed E-state index contributed by atoms with van der Waals surface area (Å²) in [6.07, 6.45) is -0.192. The number of morpholine rings is 1. The number of amides is 1. The lowest BCUT2D eigenvalue weighted by molar-refractivity contribution is -0.147. The third kappa shape index (κ3) is 4.91. The molecule has 1 aliphatic rings. The maximum Gasteiger partial charge on any atom is 0.310 e. The number of benzene rings is 1. The smallest absolute Gasteiger partial charge is 0.310 e. The van der Waals surface area contributed by atoms with Gasteiger partial charge in [0.2, 0.25) is 10.0 Å². The first-order chi connectivity index (χ1) is 11.8. The van der Waals surface area contributed by atoms with Crippen LogP contribution in [0.15, 0.2) is 23.1 Å². The SMILES string of the molecule is COc1ccc(CC(=O)OCC(N)=O)cc1S(=O)(=O)N1CCOCC1. The fourth-order valence-corrected chi connectivity index (χ4v) is 3.94. The minimum Gasteiger partial charge on any atom is -0.495 e. The number of carbonyl (C=O) groups excluding carboxylic acids is 2. The third-order valence-electron chi connectivity index (χ3n) is 3.54. The number of nitrogens with zero attached hydrogens (tertiary/aromatic N) is 1. The van der Waals surface area contributed by atoms with E-state index in [-0.39, 0.29) is 30.2 Å². The van der Waals surface area contributed by atoms with E-state index in [1.54, 1.807) is 6.07 Å². The van der Waals surface area contributed by atoms with E-state index in [1.807, 2.05) is 0 Å². The summed E-state index contributed by atoms with van der Waals surface area (Å²) in [6, 6.07) is 4.40. The van der Waals surface area contributed by atoms with Crippen molar-refractivity contribution in [2.45, 2.75) is 11.3 Å². The second-order valence-corrected chi connectivity index (χ2v) is 7.21. The Bertz CT molecular complexity index is 742. The molecule has 2 rings (SSSR count). The highest BCUT2D eigenvalue weighted by Crippen LogP contribution is 2.28. The number of methoxy groups -OCH3 is 1. The zero-order chi connectivity index (χ0) is 18.4. The van der Waals surface area contributed by atoms with Crippen LogP contribution >= 0.6 is 0 Å². The van der Waals surface area contributed by atoms with Gasteiger partial charge in [0.25, 0.3) is 5.91 Å². The number of rotatable bonds is 7. The topological polar surface area (TPSA) is 125 Å². The molecule has 1 saturated heterocycles. The fourth-order valence-electron chi connectivity index (χ4n) is 2.33. The average molecular weight is 372 g/mol. The van der Waals surface area contributed by atoms with Gasteiger partial charge in [0.1, 0.15) is 10.6 Å². The maximum atomic E-state index is 12.8. The van der Waals surface area contributed by atoms with Gasteiger partial charge in [-0.05, 0) is 17.7 Å². The van der Waals surface area contributed by atoms with Crippen LogP contribution in [0.4, 0.5) is 0 Å². The second-order valence-electron chi connectivity index (χ2n) is 5.31. The van der Waals surface area contributed by atoms with Gasteiger partial charge in [0.15, 0.2) is 6.61 Å². The van der Waals surface area contributed by atoms with E-state index in [2.05, 4.69) is 4.74 Å². The average Bonchev–Trinajstić information content (AvgIpc) is 2.60. The number of primary amides is 1. The second kappa shape index (κ2) is 8.28. The van der Waals surface area contributed by atoms with Gasteiger partial charge < -0.3 is 19.9 Å². The Kier molecular flexibility index (Phi) is 6.34. The molecular formula is C15H20N2O7S. The molecule has 25 heavy (non-hydrogen) atoms. The van der Waals surface area contributed by atoms with E-state index in [0.717, 1.165) is 0 Å². The Hall–Kier alpha value is -2.17. The van der Waals surface area contributed by atoms with Gasteiger partial charge in [-0.3, -0.25) is 9.59 Å². The minimum atomic E-state index is -3.79. The Morgan fingerprint density at radius 1 is 1.28 bits per heavy atom. The molecule has 138 valence electrons. The van der Waals surface area contributed by atoms with Crippen molar-refractivity contribution < 1.29 is 32.2 Å². The van der Waals surface area contributed by atoms with E-state index >= 15 is 0 Å². The van der Waals surface area contributed by atoms with Crippen molar-refractivity contribution in [1.29, 1.82) is 0 Å². The van der Waals surface area contributed by atoms with Crippen LogP contribution in [0.3, 0.4) is 0 Å². The third-order valence-corrected chi connectivity index (χ3v) is 5.46. The van der Waals surface area contributed by atoms with Gasteiger partial charge in [-0.25, -0.2) is 8.42 Å². The molecule has 2 N–H and O–H groups in total. The van der Waals surface area contributed by atoms with Crippen molar-refractivity contribution in [2.24, 2.45) is 5.73 Å². The number of ether oxygens (including phenoxy) is 3. The molecule has 0 spiro atoms. The molecule has 9 nitrogen and oxygen atoms in total. The first kappa shape index (κ1) is 19.2. The number of esters is 1. The normalized spacial score (nSPS) is 15.6. The lowest BCUT2D eigenvalue weighted by Crippen LogP contribution is -2.40. The summed E-state index contributed by atoms with van der Waals surface area (Å²) in [5, 5.41) is 0. The first-order valence-corrected chi connectivity index (χ1v) is 8.97. The zero-order valence-corrected chi connectivity index (χ0v) is 14.6. The van der Waals surface area contributed by atoms with Crippen molar-refractivity contribution in [2.75, 3.05) is 40.0 Å². The lowest BCUT2D eigenvalue weighted by atomic mass is 10.1. The quantitative estimate of drug-likeness (QED) is 0.627. The van der Waals surface area contributed by atoms with Crippen molar-refractivity contribution >= 4 is 21.9 Å². The molecule has 1 aliphatic heterocycles. The van der Waals surface area contributed by atoms with Gasteiger partial charge in [-0.2, -0.15) is 4.31 Å². The van der Waals surface area contributed by atoms with E-state index in [9.17, 15) is 18.0 Å². The highest BCUT2D eigenvalue weighted by Gasteiger charge is 2.29. The lowest BCUT2D eigenvalue weighted by Gasteiger charge is -2.26. The molecule has 0 radical (unpaired) electrons. The van der Waals surface area contributed by atoms with Crippen molar-refractivity contribution in [3.63, 3.8) is 0 Å². The number of carbonyl (C=O) groups is 2. The van der Waals surface area contributed by atoms with Crippen LogP contribution in [0, 0.1) is 0 Å². The van der Waals surface area contributed by atoms with Crippen LogP contribution in [-0.2, 0) is 35.5 Å². The predicted molar refractivity (Wildman–Crippen MR) is 86.4 cm³/mol. The molecule has 1 aromatic carbocycles. The summed E-state index contributed by atoms with van der Waals surface area (Å²) in [5.41, 5.74) is 5.33. The summed E-state index contributed by atoms with van der Waals surface area (Å²) in [6.45, 7) is 0.613. The summed E-state index contributed by atoms with van der Waals surface area (Å²) < 4.78 is 42.0. The van der Waals surface area contributed by atoms with E-state index < -0.39 is 28.5 Å². The Labute approximate surface area is 145 Å². The zero-order valence-electron chi connectivity index (χ0n) is 13.8. The van der Waals surface area contributed by atoms with Gasteiger partial charge in [0, 0.05) is 13.1 Å². The Balaban J connectivity index is 2.24. The van der Waals surface area contributed by atoms with E-state index in [1.165, 1.54) is 23.5 Å². The predicted octanol–water partition coefficient (Wildman–Crippen LogP) is -0.713. The molecule has 0 aliphatic carbocycles. The van der Waals surface area contributed by atoms with Crippen LogP contribution < -0.4 is 10.5 Å². The summed E-state index contributed by atoms with van der Waals surface area (Å²) in [5.74, 6) is -1.27. The maximum absolute atomic E-state index is 12.8. The molecular weight excluding hydrogens is 352 g/mol. The molecule has 1 fully saturated rings. The number of hydrogen-bond acceptors (Lipinski definition) is 7.